The number of nitrogens with zero attached hydrogens (tertiary/aromatic N) is 3. The van der Waals surface area contributed by atoms with E-state index in [1.54, 1.807) is 18.3 Å². The first-order chi connectivity index (χ1) is 11.5. The fraction of sp³-hybridized carbons (Fsp3) is 0.353. The van der Waals surface area contributed by atoms with Crippen LogP contribution in [-0.4, -0.2) is 46.0 Å². The summed E-state index contributed by atoms with van der Waals surface area (Å²) in [6.07, 6.45) is 1.79. The molecule has 24 heavy (non-hydrogen) atoms. The van der Waals surface area contributed by atoms with E-state index in [2.05, 4.69) is 9.88 Å². The third-order valence-electron chi connectivity index (χ3n) is 3.99. The second kappa shape index (κ2) is 6.98. The van der Waals surface area contributed by atoms with Gasteiger partial charge in [-0.3, -0.25) is 9.88 Å². The molecule has 7 heteroatoms. The SMILES string of the molecule is CN(C)[S+](=O)([O-])c1ccc2c(c1)OCCN(Cc1ccccn1)C2. The summed E-state index contributed by atoms with van der Waals surface area (Å²) in [5.41, 5.74) is 1.99. The average Bonchev–Trinajstić information content (AvgIpc) is 2.76. The molecule has 0 saturated carbocycles. The first-order valence-corrected chi connectivity index (χ1v) is 9.21. The molecule has 0 fully saturated rings. The van der Waals surface area contributed by atoms with Gasteiger partial charge in [-0.25, -0.2) is 0 Å². The van der Waals surface area contributed by atoms with Crippen molar-refractivity contribution in [3.63, 3.8) is 0 Å². The molecule has 128 valence electrons. The molecule has 1 aliphatic rings. The van der Waals surface area contributed by atoms with E-state index in [4.69, 9.17) is 4.74 Å². The molecule has 0 bridgehead atoms. The predicted molar refractivity (Wildman–Crippen MR) is 91.1 cm³/mol. The summed E-state index contributed by atoms with van der Waals surface area (Å²) in [4.78, 5) is 6.86. The van der Waals surface area contributed by atoms with Crippen molar-refractivity contribution in [1.82, 2.24) is 14.2 Å². The van der Waals surface area contributed by atoms with E-state index in [0.29, 0.717) is 18.9 Å². The lowest BCUT2D eigenvalue weighted by Crippen LogP contribution is -2.29. The van der Waals surface area contributed by atoms with Crippen LogP contribution in [0.5, 0.6) is 5.75 Å². The molecule has 6 nitrogen and oxygen atoms in total. The Balaban J connectivity index is 1.81. The molecular weight excluding hydrogens is 326 g/mol. The molecule has 2 aromatic rings. The Hall–Kier alpha value is -1.80. The molecule has 1 atom stereocenters. The highest BCUT2D eigenvalue weighted by molar-refractivity contribution is 7.95. The van der Waals surface area contributed by atoms with Crippen molar-refractivity contribution in [3.8, 4) is 5.75 Å². The molecule has 0 N–H and O–H groups in total. The number of rotatable bonds is 4. The van der Waals surface area contributed by atoms with Gasteiger partial charge >= 0.3 is 0 Å². The van der Waals surface area contributed by atoms with Crippen molar-refractivity contribution in [1.29, 1.82) is 0 Å². The van der Waals surface area contributed by atoms with Gasteiger partial charge in [-0.2, -0.15) is 0 Å². The summed E-state index contributed by atoms with van der Waals surface area (Å²) in [5, 5.41) is 0. The quantitative estimate of drug-likeness (QED) is 0.791. The van der Waals surface area contributed by atoms with Crippen molar-refractivity contribution in [2.75, 3.05) is 27.2 Å². The van der Waals surface area contributed by atoms with Crippen molar-refractivity contribution in [3.05, 3.63) is 53.9 Å². The first kappa shape index (κ1) is 17.0. The van der Waals surface area contributed by atoms with E-state index < -0.39 is 10.4 Å². The second-order valence-electron chi connectivity index (χ2n) is 5.94. The Morgan fingerprint density at radius 1 is 1.33 bits per heavy atom. The number of aromatic nitrogens is 1. The van der Waals surface area contributed by atoms with Crippen LogP contribution in [0.15, 0.2) is 47.5 Å². The maximum absolute atomic E-state index is 12.3. The highest BCUT2D eigenvalue weighted by Gasteiger charge is 2.26. The number of fused-ring (bicyclic) bond motifs is 1. The van der Waals surface area contributed by atoms with Gasteiger partial charge in [-0.15, -0.1) is 4.31 Å². The summed E-state index contributed by atoms with van der Waals surface area (Å²) in [7, 11) is -0.406. The molecule has 0 aliphatic carbocycles. The Morgan fingerprint density at radius 3 is 2.88 bits per heavy atom. The van der Waals surface area contributed by atoms with E-state index in [1.807, 2.05) is 24.3 Å². The lowest BCUT2D eigenvalue weighted by Gasteiger charge is -2.21. The van der Waals surface area contributed by atoms with Crippen LogP contribution >= 0.6 is 0 Å². The van der Waals surface area contributed by atoms with Gasteiger partial charge in [-0.05, 0) is 24.3 Å². The van der Waals surface area contributed by atoms with Gasteiger partial charge < -0.3 is 9.29 Å². The minimum atomic E-state index is -3.45. The lowest BCUT2D eigenvalue weighted by molar-refractivity contribution is 0.217. The van der Waals surface area contributed by atoms with Gasteiger partial charge in [0.15, 0.2) is 15.3 Å². The van der Waals surface area contributed by atoms with Crippen LogP contribution in [0.2, 0.25) is 0 Å². The van der Waals surface area contributed by atoms with Gasteiger partial charge in [-0.1, -0.05) is 10.3 Å². The van der Waals surface area contributed by atoms with Crippen molar-refractivity contribution < 1.29 is 13.5 Å². The number of hydrogen-bond acceptors (Lipinski definition) is 5. The Morgan fingerprint density at radius 2 is 2.17 bits per heavy atom. The molecule has 0 radical (unpaired) electrons. The summed E-state index contributed by atoms with van der Waals surface area (Å²) in [6.45, 7) is 2.72. The smallest absolute Gasteiger partial charge is 0.179 e. The van der Waals surface area contributed by atoms with Gasteiger partial charge in [0.25, 0.3) is 0 Å². The Labute approximate surface area is 143 Å². The normalized spacial score (nSPS) is 17.7. The van der Waals surface area contributed by atoms with Gasteiger partial charge in [0.05, 0.1) is 5.69 Å². The first-order valence-electron chi connectivity index (χ1n) is 7.77. The largest absolute Gasteiger partial charge is 0.593 e. The molecule has 0 saturated heterocycles. The number of ether oxygens (including phenoxy) is 1. The minimum absolute atomic E-state index is 0.254. The highest BCUT2D eigenvalue weighted by Crippen LogP contribution is 2.29. The fourth-order valence-corrected chi connectivity index (χ4v) is 3.55. The summed E-state index contributed by atoms with van der Waals surface area (Å²) in [5.74, 6) is 0.640. The molecule has 1 aromatic heterocycles. The summed E-state index contributed by atoms with van der Waals surface area (Å²) < 4.78 is 31.5. The number of hydrogen-bond donors (Lipinski definition) is 0. The molecule has 0 amide bonds. The molecule has 1 aliphatic heterocycles. The van der Waals surface area contributed by atoms with Crippen molar-refractivity contribution in [2.24, 2.45) is 0 Å². The number of pyridine rings is 1. The highest BCUT2D eigenvalue weighted by atomic mass is 32.3. The zero-order valence-electron chi connectivity index (χ0n) is 13.8. The average molecular weight is 347 g/mol. The van der Waals surface area contributed by atoms with Crippen molar-refractivity contribution >= 4 is 10.4 Å². The molecule has 2 heterocycles. The Bertz CT molecular complexity index is 752. The second-order valence-corrected chi connectivity index (χ2v) is 8.09. The zero-order chi connectivity index (χ0) is 17.2. The van der Waals surface area contributed by atoms with Gasteiger partial charge in [0, 0.05) is 51.6 Å². The van der Waals surface area contributed by atoms with Crippen molar-refractivity contribution in [2.45, 2.75) is 18.0 Å². The van der Waals surface area contributed by atoms with E-state index in [0.717, 1.165) is 24.3 Å². The van der Waals surface area contributed by atoms with E-state index in [-0.39, 0.29) is 4.90 Å². The van der Waals surface area contributed by atoms with Crippen LogP contribution in [0.4, 0.5) is 0 Å². The van der Waals surface area contributed by atoms with E-state index >= 15 is 0 Å². The minimum Gasteiger partial charge on any atom is -0.593 e. The van der Waals surface area contributed by atoms with Crippen LogP contribution in [0.1, 0.15) is 11.3 Å². The number of sulfonamides is 1. The van der Waals surface area contributed by atoms with Crippen LogP contribution in [0.3, 0.4) is 0 Å². The predicted octanol–water partition coefficient (Wildman–Crippen LogP) is 1.94. The summed E-state index contributed by atoms with van der Waals surface area (Å²) in [6, 6.07) is 11.0. The third kappa shape index (κ3) is 3.64. The maximum Gasteiger partial charge on any atom is 0.179 e. The van der Waals surface area contributed by atoms with E-state index in [9.17, 15) is 8.76 Å². The monoisotopic (exact) mass is 347 g/mol. The lowest BCUT2D eigenvalue weighted by atomic mass is 10.2. The Kier molecular flexibility index (Phi) is 4.96. The fourth-order valence-electron chi connectivity index (χ4n) is 2.63. The zero-order valence-corrected chi connectivity index (χ0v) is 14.7. The maximum atomic E-state index is 12.3. The van der Waals surface area contributed by atoms with E-state index in [1.165, 1.54) is 18.4 Å². The number of benzene rings is 1. The third-order valence-corrected chi connectivity index (χ3v) is 5.80. The molecular formula is C17H21N3O3S. The van der Waals surface area contributed by atoms with Crippen LogP contribution in [0, 0.1) is 0 Å². The standard InChI is InChI=1S/C17H21N3O3S/c1-19(2)24(21,22)16-7-6-14-12-20(9-10-23-17(14)11-16)13-15-5-3-4-8-18-15/h3-8,11H,9-10,12-13H2,1-2H3. The molecule has 3 rings (SSSR count). The molecule has 1 unspecified atom stereocenters. The topological polar surface area (TPSA) is 68.7 Å². The van der Waals surface area contributed by atoms with Crippen LogP contribution in [-0.2, 0) is 27.7 Å². The van der Waals surface area contributed by atoms with Crippen LogP contribution < -0.4 is 4.74 Å². The molecule has 1 aromatic carbocycles. The van der Waals surface area contributed by atoms with Gasteiger partial charge in [0.1, 0.15) is 12.4 Å². The van der Waals surface area contributed by atoms with Crippen LogP contribution in [0.25, 0.3) is 0 Å². The summed E-state index contributed by atoms with van der Waals surface area (Å²) >= 11 is 0. The molecule has 0 spiro atoms. The van der Waals surface area contributed by atoms with Gasteiger partial charge in [0.2, 0.25) is 0 Å².